The summed E-state index contributed by atoms with van der Waals surface area (Å²) in [5.74, 6) is -0.777. The van der Waals surface area contributed by atoms with Crippen LogP contribution in [-0.2, 0) is 28.4 Å². The number of anilines is 1. The number of carbonyl (C=O) groups is 3. The number of fused-ring (bicyclic) bond motifs is 1. The predicted molar refractivity (Wildman–Crippen MR) is 129 cm³/mol. The fraction of sp³-hybridized carbons (Fsp3) is 0.370. The number of hydrogen-bond donors (Lipinski definition) is 2. The van der Waals surface area contributed by atoms with Gasteiger partial charge in [0.05, 0.1) is 11.1 Å². The first-order chi connectivity index (χ1) is 17.8. The number of nitrogens with one attached hydrogen (secondary N) is 2. The van der Waals surface area contributed by atoms with Crippen LogP contribution in [0.2, 0.25) is 0 Å². The molecule has 0 fully saturated rings. The molecule has 0 aromatic heterocycles. The summed E-state index contributed by atoms with van der Waals surface area (Å²) in [6.07, 6.45) is -5.83. The Balaban J connectivity index is 1.70. The molecule has 38 heavy (non-hydrogen) atoms. The van der Waals surface area contributed by atoms with Crippen molar-refractivity contribution in [1.82, 2.24) is 5.32 Å². The third kappa shape index (κ3) is 7.69. The Morgan fingerprint density at radius 1 is 0.842 bits per heavy atom. The average molecular weight is 541 g/mol. The molecule has 0 saturated carbocycles. The van der Waals surface area contributed by atoms with E-state index in [0.29, 0.717) is 55.5 Å². The summed E-state index contributed by atoms with van der Waals surface area (Å²) in [5.41, 5.74) is -1.79. The molecular weight excluding hydrogens is 514 g/mol. The van der Waals surface area contributed by atoms with Crippen LogP contribution in [0.25, 0.3) is 6.08 Å². The quantitative estimate of drug-likeness (QED) is 0.226. The number of rotatable bonds is 8. The van der Waals surface area contributed by atoms with E-state index in [-0.39, 0.29) is 47.4 Å². The van der Waals surface area contributed by atoms with Crippen molar-refractivity contribution in [3.8, 4) is 0 Å². The zero-order valence-corrected chi connectivity index (χ0v) is 20.5. The maximum absolute atomic E-state index is 13.2. The van der Waals surface area contributed by atoms with Crippen molar-refractivity contribution < 1.29 is 40.7 Å². The van der Waals surface area contributed by atoms with Crippen LogP contribution in [0.4, 0.5) is 32.0 Å². The lowest BCUT2D eigenvalue weighted by molar-refractivity contribution is -0.143. The number of carbonyl (C=O) groups excluding carboxylic acids is 3. The first kappa shape index (κ1) is 28.9. The zero-order valence-electron chi connectivity index (χ0n) is 20.5. The van der Waals surface area contributed by atoms with Gasteiger partial charge in [-0.15, -0.1) is 0 Å². The Labute approximate surface area is 215 Å². The molecular formula is C27H26F6N2O3. The number of unbranched alkanes of at least 4 members (excludes halogenated alkanes) is 2. The number of aryl methyl sites for hydroxylation is 1. The van der Waals surface area contributed by atoms with E-state index in [2.05, 4.69) is 10.6 Å². The number of Topliss-reactive ketones (excluding diaryl/α,β-unsaturated/α-hetero) is 1. The summed E-state index contributed by atoms with van der Waals surface area (Å²) in [6, 6.07) is 5.86. The molecule has 3 rings (SSSR count). The zero-order chi connectivity index (χ0) is 28.1. The second kappa shape index (κ2) is 11.8. The minimum Gasteiger partial charge on any atom is -0.359 e. The molecule has 2 aromatic carbocycles. The number of hydrogen-bond acceptors (Lipinski definition) is 3. The van der Waals surface area contributed by atoms with Crippen LogP contribution in [0.3, 0.4) is 0 Å². The molecule has 0 aliphatic heterocycles. The van der Waals surface area contributed by atoms with Gasteiger partial charge in [-0.1, -0.05) is 6.42 Å². The number of amides is 2. The topological polar surface area (TPSA) is 75.3 Å². The van der Waals surface area contributed by atoms with E-state index in [1.807, 2.05) is 0 Å². The van der Waals surface area contributed by atoms with Crippen LogP contribution >= 0.6 is 0 Å². The highest BCUT2D eigenvalue weighted by Crippen LogP contribution is 2.37. The average Bonchev–Trinajstić information content (AvgIpc) is 2.84. The molecule has 0 radical (unpaired) electrons. The standard InChI is InChI=1S/C27H26F6N2O3/c1-34-23(36)5-3-2-4-6-24(37)35-21-9-10-22-17(14-21)7-8-18(25(22)38)11-16-12-19(26(28,29)30)15-20(13-16)27(31,32)33/h9-15H,2-8H2,1H3,(H,34,36)(H,35,37)/b18-11+. The van der Waals surface area contributed by atoms with Crippen LogP contribution in [0.5, 0.6) is 0 Å². The third-order valence-corrected chi connectivity index (χ3v) is 6.13. The van der Waals surface area contributed by atoms with E-state index < -0.39 is 29.3 Å². The number of benzene rings is 2. The fourth-order valence-corrected chi connectivity index (χ4v) is 4.15. The SMILES string of the molecule is CNC(=O)CCCCCC(=O)Nc1ccc2c(c1)CC/C(=C\c1cc(C(F)(F)F)cc(C(F)(F)F)c1)C2=O. The molecule has 0 atom stereocenters. The Bertz CT molecular complexity index is 1220. The van der Waals surface area contributed by atoms with Crippen molar-refractivity contribution in [2.45, 2.75) is 57.3 Å². The molecule has 11 heteroatoms. The van der Waals surface area contributed by atoms with Crippen LogP contribution in [0, 0.1) is 0 Å². The lowest BCUT2D eigenvalue weighted by Crippen LogP contribution is -2.17. The summed E-state index contributed by atoms with van der Waals surface area (Å²) >= 11 is 0. The summed E-state index contributed by atoms with van der Waals surface area (Å²) in [5, 5.41) is 5.28. The van der Waals surface area contributed by atoms with E-state index in [0.717, 1.165) is 6.08 Å². The van der Waals surface area contributed by atoms with E-state index in [1.165, 1.54) is 12.1 Å². The summed E-state index contributed by atoms with van der Waals surface area (Å²) in [7, 11) is 1.56. The molecule has 0 saturated heterocycles. The first-order valence-corrected chi connectivity index (χ1v) is 12.0. The Kier molecular flexibility index (Phi) is 9.01. The van der Waals surface area contributed by atoms with Gasteiger partial charge in [-0.05, 0) is 79.3 Å². The lowest BCUT2D eigenvalue weighted by Gasteiger charge is -2.19. The summed E-state index contributed by atoms with van der Waals surface area (Å²) in [4.78, 5) is 36.4. The van der Waals surface area contributed by atoms with Gasteiger partial charge in [-0.2, -0.15) is 26.3 Å². The molecule has 0 unspecified atom stereocenters. The lowest BCUT2D eigenvalue weighted by atomic mass is 9.85. The molecule has 1 aliphatic carbocycles. The van der Waals surface area contributed by atoms with Gasteiger partial charge in [-0.25, -0.2) is 0 Å². The van der Waals surface area contributed by atoms with E-state index >= 15 is 0 Å². The van der Waals surface area contributed by atoms with Gasteiger partial charge < -0.3 is 10.6 Å². The fourth-order valence-electron chi connectivity index (χ4n) is 4.15. The second-order valence-electron chi connectivity index (χ2n) is 8.99. The number of alkyl halides is 6. The highest BCUT2D eigenvalue weighted by molar-refractivity contribution is 6.13. The Hall–Kier alpha value is -3.63. The van der Waals surface area contributed by atoms with Crippen molar-refractivity contribution >= 4 is 29.4 Å². The molecule has 0 heterocycles. The summed E-state index contributed by atoms with van der Waals surface area (Å²) in [6.45, 7) is 0. The van der Waals surface area contributed by atoms with Gasteiger partial charge in [0.25, 0.3) is 0 Å². The van der Waals surface area contributed by atoms with Crippen molar-refractivity contribution in [3.05, 3.63) is 69.8 Å². The number of ketones is 1. The maximum atomic E-state index is 13.2. The first-order valence-electron chi connectivity index (χ1n) is 12.0. The van der Waals surface area contributed by atoms with Crippen LogP contribution in [-0.4, -0.2) is 24.6 Å². The van der Waals surface area contributed by atoms with Crippen LogP contribution in [0.1, 0.15) is 71.1 Å². The van der Waals surface area contributed by atoms with Crippen molar-refractivity contribution in [1.29, 1.82) is 0 Å². The Morgan fingerprint density at radius 3 is 2.03 bits per heavy atom. The highest BCUT2D eigenvalue weighted by Gasteiger charge is 2.37. The van der Waals surface area contributed by atoms with Gasteiger partial charge in [-0.3, -0.25) is 14.4 Å². The molecule has 5 nitrogen and oxygen atoms in total. The van der Waals surface area contributed by atoms with E-state index in [4.69, 9.17) is 0 Å². The van der Waals surface area contributed by atoms with Crippen molar-refractivity contribution in [2.24, 2.45) is 0 Å². The van der Waals surface area contributed by atoms with E-state index in [9.17, 15) is 40.7 Å². The molecule has 0 bridgehead atoms. The normalized spacial score (nSPS) is 14.8. The van der Waals surface area contributed by atoms with Crippen molar-refractivity contribution in [3.63, 3.8) is 0 Å². The number of halogens is 6. The molecule has 204 valence electrons. The van der Waals surface area contributed by atoms with Gasteiger partial charge in [0.2, 0.25) is 11.8 Å². The van der Waals surface area contributed by atoms with Crippen molar-refractivity contribution in [2.75, 3.05) is 12.4 Å². The van der Waals surface area contributed by atoms with Gasteiger partial charge >= 0.3 is 12.4 Å². The highest BCUT2D eigenvalue weighted by atomic mass is 19.4. The largest absolute Gasteiger partial charge is 0.416 e. The van der Waals surface area contributed by atoms with Gasteiger partial charge in [0, 0.05) is 36.7 Å². The summed E-state index contributed by atoms with van der Waals surface area (Å²) < 4.78 is 79.0. The third-order valence-electron chi connectivity index (χ3n) is 6.13. The van der Waals surface area contributed by atoms with Gasteiger partial charge in [0.1, 0.15) is 0 Å². The molecule has 0 spiro atoms. The van der Waals surface area contributed by atoms with E-state index in [1.54, 1.807) is 13.1 Å². The number of allylic oxidation sites excluding steroid dienone is 1. The predicted octanol–water partition coefficient (Wildman–Crippen LogP) is 6.57. The molecule has 2 aromatic rings. The maximum Gasteiger partial charge on any atom is 0.416 e. The minimum absolute atomic E-state index is 0.0424. The van der Waals surface area contributed by atoms with Crippen LogP contribution in [0.15, 0.2) is 42.0 Å². The molecule has 2 amide bonds. The van der Waals surface area contributed by atoms with Gasteiger partial charge in [0.15, 0.2) is 5.78 Å². The molecule has 2 N–H and O–H groups in total. The Morgan fingerprint density at radius 2 is 1.45 bits per heavy atom. The minimum atomic E-state index is -4.98. The second-order valence-corrected chi connectivity index (χ2v) is 8.99. The smallest absolute Gasteiger partial charge is 0.359 e. The van der Waals surface area contributed by atoms with Crippen LogP contribution < -0.4 is 10.6 Å². The monoisotopic (exact) mass is 540 g/mol. The molecule has 1 aliphatic rings.